The fraction of sp³-hybridized carbons (Fsp3) is 0.304. The molecule has 0 saturated carbocycles. The molecule has 1 aromatic heterocycles. The molecule has 0 spiro atoms. The molecule has 0 radical (unpaired) electrons. The van der Waals surface area contributed by atoms with Gasteiger partial charge in [0.05, 0.1) is 0 Å². The van der Waals surface area contributed by atoms with Crippen LogP contribution in [0.2, 0.25) is 0 Å². The van der Waals surface area contributed by atoms with Crippen LogP contribution in [-0.4, -0.2) is 24.0 Å². The Kier molecular flexibility index (Phi) is 6.14. The number of aryl methyl sites for hydroxylation is 2. The number of carbonyl (C=O) groups is 2. The van der Waals surface area contributed by atoms with Gasteiger partial charge >= 0.3 is 5.97 Å². The van der Waals surface area contributed by atoms with Crippen LogP contribution in [0.15, 0.2) is 59.0 Å². The lowest BCUT2D eigenvalue weighted by molar-refractivity contribution is -0.129. The van der Waals surface area contributed by atoms with E-state index in [0.717, 1.165) is 18.2 Å². The molecule has 1 N–H and O–H groups in total. The molecule has 2 aromatic carbocycles. The molecule has 1 amide bonds. The molecule has 146 valence electrons. The molecule has 0 aliphatic rings. The molecular weight excluding hydrogens is 354 g/mol. The van der Waals surface area contributed by atoms with E-state index in [4.69, 9.17) is 9.15 Å². The monoisotopic (exact) mass is 379 g/mol. The van der Waals surface area contributed by atoms with Crippen LogP contribution in [0.4, 0.5) is 0 Å². The highest BCUT2D eigenvalue weighted by atomic mass is 16.6. The van der Waals surface area contributed by atoms with E-state index in [1.54, 1.807) is 19.9 Å². The minimum absolute atomic E-state index is 0.0261. The van der Waals surface area contributed by atoms with Gasteiger partial charge in [-0.25, -0.2) is 4.79 Å². The molecule has 0 bridgehead atoms. The number of hydrogen-bond donors (Lipinski definition) is 1. The van der Waals surface area contributed by atoms with E-state index in [0.29, 0.717) is 11.1 Å². The minimum atomic E-state index is -0.903. The van der Waals surface area contributed by atoms with Gasteiger partial charge in [-0.3, -0.25) is 4.79 Å². The number of ether oxygens (including phenoxy) is 1. The summed E-state index contributed by atoms with van der Waals surface area (Å²) in [5, 5.41) is 3.76. The van der Waals surface area contributed by atoms with Gasteiger partial charge in [0.1, 0.15) is 5.58 Å². The summed E-state index contributed by atoms with van der Waals surface area (Å²) in [5.74, 6) is -0.811. The van der Waals surface area contributed by atoms with Gasteiger partial charge < -0.3 is 14.5 Å². The quantitative estimate of drug-likeness (QED) is 0.617. The lowest BCUT2D eigenvalue weighted by Crippen LogP contribution is -2.41. The second-order valence-corrected chi connectivity index (χ2v) is 7.03. The molecule has 0 fully saturated rings. The highest BCUT2D eigenvalue weighted by Gasteiger charge is 2.24. The van der Waals surface area contributed by atoms with Crippen molar-refractivity contribution in [3.63, 3.8) is 0 Å². The highest BCUT2D eigenvalue weighted by molar-refractivity contribution is 5.97. The molecule has 0 aliphatic heterocycles. The Labute approximate surface area is 164 Å². The van der Waals surface area contributed by atoms with Gasteiger partial charge in [-0.05, 0) is 45.2 Å². The normalized spacial score (nSPS) is 13.1. The molecule has 1 heterocycles. The number of esters is 1. The Morgan fingerprint density at radius 3 is 2.43 bits per heavy atom. The highest BCUT2D eigenvalue weighted by Crippen LogP contribution is 2.25. The van der Waals surface area contributed by atoms with Crippen molar-refractivity contribution in [2.24, 2.45) is 0 Å². The molecule has 0 unspecified atom stereocenters. The number of carbonyl (C=O) groups excluding carboxylic acids is 2. The van der Waals surface area contributed by atoms with E-state index >= 15 is 0 Å². The molecule has 2 atom stereocenters. The third-order valence-corrected chi connectivity index (χ3v) is 4.78. The van der Waals surface area contributed by atoms with E-state index in [1.165, 1.54) is 5.56 Å². The summed E-state index contributed by atoms with van der Waals surface area (Å²) in [6, 6.07) is 17.5. The number of para-hydroxylation sites is 1. The smallest absolute Gasteiger partial charge is 0.375 e. The molecule has 3 rings (SSSR count). The first kappa shape index (κ1) is 19.7. The van der Waals surface area contributed by atoms with Gasteiger partial charge in [0.15, 0.2) is 6.10 Å². The Balaban J connectivity index is 1.54. The van der Waals surface area contributed by atoms with Crippen molar-refractivity contribution >= 4 is 22.8 Å². The maximum Gasteiger partial charge on any atom is 0.375 e. The second kappa shape index (κ2) is 8.74. The zero-order valence-corrected chi connectivity index (χ0v) is 16.4. The Bertz CT molecular complexity index is 961. The van der Waals surface area contributed by atoms with Gasteiger partial charge in [-0.1, -0.05) is 48.5 Å². The maximum absolute atomic E-state index is 12.5. The molecule has 3 aromatic rings. The lowest BCUT2D eigenvalue weighted by Gasteiger charge is -2.17. The molecule has 0 aliphatic carbocycles. The summed E-state index contributed by atoms with van der Waals surface area (Å²) in [6.45, 7) is 5.31. The molecule has 5 nitrogen and oxygen atoms in total. The van der Waals surface area contributed by atoms with Crippen molar-refractivity contribution in [2.75, 3.05) is 0 Å². The lowest BCUT2D eigenvalue weighted by atomic mass is 10.1. The summed E-state index contributed by atoms with van der Waals surface area (Å²) < 4.78 is 10.9. The SMILES string of the molecule is Cc1c(C(=O)O[C@@H](C)C(=O)N[C@H](C)CCc2ccccc2)oc2ccccc12. The topological polar surface area (TPSA) is 68.5 Å². The van der Waals surface area contributed by atoms with Crippen LogP contribution < -0.4 is 5.32 Å². The van der Waals surface area contributed by atoms with E-state index in [2.05, 4.69) is 17.4 Å². The van der Waals surface area contributed by atoms with Crippen LogP contribution in [0.25, 0.3) is 11.0 Å². The number of fused-ring (bicyclic) bond motifs is 1. The second-order valence-electron chi connectivity index (χ2n) is 7.03. The average Bonchev–Trinajstić information content (AvgIpc) is 3.04. The molecule has 5 heteroatoms. The first-order valence-electron chi connectivity index (χ1n) is 9.49. The van der Waals surface area contributed by atoms with Crippen LogP contribution in [0.3, 0.4) is 0 Å². The summed E-state index contributed by atoms with van der Waals surface area (Å²) in [4.78, 5) is 24.8. The Morgan fingerprint density at radius 2 is 1.71 bits per heavy atom. The standard InChI is InChI=1S/C23H25NO4/c1-15(13-14-18-9-5-4-6-10-18)24-22(25)17(3)27-23(26)21-16(2)19-11-7-8-12-20(19)28-21/h4-12,15,17H,13-14H2,1-3H3,(H,24,25)/t15-,17+/m1/s1. The molecular formula is C23H25NO4. The van der Waals surface area contributed by atoms with Crippen molar-refractivity contribution in [2.45, 2.75) is 45.8 Å². The van der Waals surface area contributed by atoms with Crippen LogP contribution >= 0.6 is 0 Å². The summed E-state index contributed by atoms with van der Waals surface area (Å²) in [7, 11) is 0. The zero-order valence-electron chi connectivity index (χ0n) is 16.4. The van der Waals surface area contributed by atoms with Crippen molar-refractivity contribution in [3.05, 3.63) is 71.5 Å². The zero-order chi connectivity index (χ0) is 20.1. The van der Waals surface area contributed by atoms with Gasteiger partial charge in [-0.2, -0.15) is 0 Å². The molecule has 0 saturated heterocycles. The van der Waals surface area contributed by atoms with Crippen LogP contribution in [0.5, 0.6) is 0 Å². The van der Waals surface area contributed by atoms with E-state index in [1.807, 2.05) is 43.3 Å². The van der Waals surface area contributed by atoms with Crippen molar-refractivity contribution in [3.8, 4) is 0 Å². The van der Waals surface area contributed by atoms with Crippen molar-refractivity contribution in [1.82, 2.24) is 5.32 Å². The van der Waals surface area contributed by atoms with E-state index < -0.39 is 12.1 Å². The van der Waals surface area contributed by atoms with Gasteiger partial charge in [0.2, 0.25) is 5.76 Å². The largest absolute Gasteiger partial charge is 0.449 e. The Hall–Kier alpha value is -3.08. The number of nitrogens with one attached hydrogen (secondary N) is 1. The number of rotatable bonds is 7. The predicted octanol–water partition coefficient (Wildman–Crippen LogP) is 4.42. The summed E-state index contributed by atoms with van der Waals surface area (Å²) in [6.07, 6.45) is 0.771. The van der Waals surface area contributed by atoms with E-state index in [-0.39, 0.29) is 17.7 Å². The van der Waals surface area contributed by atoms with Gasteiger partial charge in [-0.15, -0.1) is 0 Å². The van der Waals surface area contributed by atoms with Crippen LogP contribution in [0.1, 0.15) is 41.9 Å². The molecule has 28 heavy (non-hydrogen) atoms. The number of furan rings is 1. The number of benzene rings is 2. The summed E-state index contributed by atoms with van der Waals surface area (Å²) >= 11 is 0. The minimum Gasteiger partial charge on any atom is -0.449 e. The first-order chi connectivity index (χ1) is 13.5. The van der Waals surface area contributed by atoms with Gasteiger partial charge in [0.25, 0.3) is 5.91 Å². The fourth-order valence-electron chi connectivity index (χ4n) is 3.10. The van der Waals surface area contributed by atoms with Crippen molar-refractivity contribution in [1.29, 1.82) is 0 Å². The fourth-order valence-corrected chi connectivity index (χ4v) is 3.10. The van der Waals surface area contributed by atoms with Crippen LogP contribution in [-0.2, 0) is 16.0 Å². The first-order valence-corrected chi connectivity index (χ1v) is 9.49. The number of amides is 1. The predicted molar refractivity (Wildman–Crippen MR) is 108 cm³/mol. The van der Waals surface area contributed by atoms with Crippen molar-refractivity contribution < 1.29 is 18.7 Å². The number of hydrogen-bond acceptors (Lipinski definition) is 4. The average molecular weight is 379 g/mol. The van der Waals surface area contributed by atoms with Crippen LogP contribution in [0, 0.1) is 6.92 Å². The van der Waals surface area contributed by atoms with E-state index in [9.17, 15) is 9.59 Å². The third-order valence-electron chi connectivity index (χ3n) is 4.78. The third kappa shape index (κ3) is 4.60. The maximum atomic E-state index is 12.5. The van der Waals surface area contributed by atoms with Gasteiger partial charge in [0, 0.05) is 17.0 Å². The Morgan fingerprint density at radius 1 is 1.04 bits per heavy atom. The summed E-state index contributed by atoms with van der Waals surface area (Å²) in [5.41, 5.74) is 2.56.